The molecule has 2 nitrogen and oxygen atoms in total. The van der Waals surface area contributed by atoms with E-state index in [2.05, 4.69) is 9.56 Å². The van der Waals surface area contributed by atoms with Crippen LogP contribution in [0.15, 0.2) is 30.3 Å². The first-order chi connectivity index (χ1) is 4.43. The topological polar surface area (TPSA) is 18.5 Å². The van der Waals surface area contributed by atoms with Crippen LogP contribution in [0.1, 0.15) is 0 Å². The Morgan fingerprint density at radius 2 is 1.78 bits per heavy atom. The highest BCUT2D eigenvalue weighted by atomic mass is 31.0. The maximum absolute atomic E-state index is 4.67. The fourth-order valence-electron chi connectivity index (χ4n) is 0.532. The molecule has 0 saturated heterocycles. The molecule has 0 spiro atoms. The Morgan fingerprint density at radius 3 is 2.33 bits per heavy atom. The van der Waals surface area contributed by atoms with Gasteiger partial charge in [0, 0.05) is 0 Å². The lowest BCUT2D eigenvalue weighted by Crippen LogP contribution is -1.82. The molecule has 0 N–H and O–H groups in total. The van der Waals surface area contributed by atoms with Gasteiger partial charge in [0.2, 0.25) is 0 Å². The first-order valence-electron chi connectivity index (χ1n) is 2.52. The van der Waals surface area contributed by atoms with E-state index in [1.54, 1.807) is 0 Å². The monoisotopic (exact) mass is 142 g/mol. The molecule has 0 radical (unpaired) electrons. The van der Waals surface area contributed by atoms with E-state index >= 15 is 0 Å². The molecule has 1 unspecified atom stereocenters. The van der Waals surface area contributed by atoms with E-state index in [0.29, 0.717) is 5.75 Å². The van der Waals surface area contributed by atoms with Crippen LogP contribution in [-0.2, 0) is 4.67 Å². The Balaban J connectivity index is 2.61. The average Bonchev–Trinajstić information content (AvgIpc) is 1.91. The third-order valence-corrected chi connectivity index (χ3v) is 0.984. The van der Waals surface area contributed by atoms with Gasteiger partial charge in [-0.2, -0.15) is 4.67 Å². The van der Waals surface area contributed by atoms with Crippen molar-refractivity contribution in [2.75, 3.05) is 0 Å². The lowest BCUT2D eigenvalue weighted by Gasteiger charge is -1.96. The average molecular weight is 142 g/mol. The first-order valence-corrected chi connectivity index (χ1v) is 2.99. The van der Waals surface area contributed by atoms with Gasteiger partial charge in [0.1, 0.15) is 0 Å². The molecule has 3 heteroatoms. The summed E-state index contributed by atoms with van der Waals surface area (Å²) in [6.45, 7) is 0. The predicted molar refractivity (Wildman–Crippen MR) is 37.9 cm³/mol. The van der Waals surface area contributed by atoms with Crippen LogP contribution in [0.5, 0.6) is 5.75 Å². The van der Waals surface area contributed by atoms with Crippen LogP contribution in [-0.4, -0.2) is 0 Å². The van der Waals surface area contributed by atoms with Gasteiger partial charge in [0.05, 0.1) is 9.47 Å². The number of hydrogen-bond donors (Lipinski definition) is 0. The molecule has 0 amide bonds. The lowest BCUT2D eigenvalue weighted by atomic mass is 10.3. The second-order valence-corrected chi connectivity index (χ2v) is 1.69. The molecule has 0 heterocycles. The fraction of sp³-hybridized carbons (Fsp3) is 0. The van der Waals surface area contributed by atoms with Crippen LogP contribution in [0.2, 0.25) is 0 Å². The first kappa shape index (κ1) is 6.53. The zero-order valence-electron chi connectivity index (χ0n) is 4.78. The van der Waals surface area contributed by atoms with Crippen molar-refractivity contribution in [1.82, 2.24) is 0 Å². The van der Waals surface area contributed by atoms with Gasteiger partial charge in [-0.3, -0.25) is 0 Å². The van der Waals surface area contributed by atoms with Crippen molar-refractivity contribution in [3.8, 4) is 5.75 Å². The molecule has 0 aliphatic heterocycles. The van der Waals surface area contributed by atoms with E-state index in [1.807, 2.05) is 39.8 Å². The molecule has 0 aliphatic carbocycles. The molecule has 0 fully saturated rings. The third-order valence-electron chi connectivity index (χ3n) is 0.888. The van der Waals surface area contributed by atoms with Crippen LogP contribution in [0.25, 0.3) is 0 Å². The molecule has 9 heavy (non-hydrogen) atoms. The molecule has 0 bridgehead atoms. The minimum Gasteiger partial charge on any atom is -0.335 e. The van der Waals surface area contributed by atoms with Crippen LogP contribution < -0.4 is 4.89 Å². The second-order valence-electron chi connectivity index (χ2n) is 1.49. The van der Waals surface area contributed by atoms with Gasteiger partial charge >= 0.3 is 0 Å². The van der Waals surface area contributed by atoms with Gasteiger partial charge in [0.15, 0.2) is 5.75 Å². The predicted octanol–water partition coefficient (Wildman–Crippen LogP) is 1.79. The highest BCUT2D eigenvalue weighted by Crippen LogP contribution is 2.09. The summed E-state index contributed by atoms with van der Waals surface area (Å²) in [5.41, 5.74) is 0. The van der Waals surface area contributed by atoms with Gasteiger partial charge in [-0.15, -0.1) is 0 Å². The molecule has 1 atom stereocenters. The molecule has 0 aromatic heterocycles. The van der Waals surface area contributed by atoms with Crippen molar-refractivity contribution in [2.45, 2.75) is 0 Å². The molecule has 1 rings (SSSR count). The standard InChI is InChI=1S/C6H7O2P/c9-8-7-6-4-2-1-3-5-6/h1-5H,9H2. The molecule has 1 aromatic carbocycles. The van der Waals surface area contributed by atoms with E-state index in [4.69, 9.17) is 0 Å². The van der Waals surface area contributed by atoms with E-state index in [9.17, 15) is 0 Å². The Bertz CT molecular complexity index is 164. The van der Waals surface area contributed by atoms with E-state index in [0.717, 1.165) is 0 Å². The van der Waals surface area contributed by atoms with Crippen molar-refractivity contribution >= 4 is 9.47 Å². The van der Waals surface area contributed by atoms with Crippen LogP contribution in [0.3, 0.4) is 0 Å². The van der Waals surface area contributed by atoms with Gasteiger partial charge in [-0.25, -0.2) is 0 Å². The minimum absolute atomic E-state index is 0.701. The van der Waals surface area contributed by atoms with Crippen molar-refractivity contribution < 1.29 is 9.56 Å². The number of benzene rings is 1. The molecule has 1 aromatic rings. The molecule has 0 saturated carbocycles. The zero-order valence-corrected chi connectivity index (χ0v) is 5.94. The Morgan fingerprint density at radius 1 is 1.11 bits per heavy atom. The van der Waals surface area contributed by atoms with Crippen molar-refractivity contribution in [3.05, 3.63) is 30.3 Å². The van der Waals surface area contributed by atoms with Crippen LogP contribution in [0.4, 0.5) is 0 Å². The van der Waals surface area contributed by atoms with Gasteiger partial charge in [0.25, 0.3) is 0 Å². The largest absolute Gasteiger partial charge is 0.335 e. The molecule has 0 aliphatic rings. The third kappa shape index (κ3) is 2.00. The summed E-state index contributed by atoms with van der Waals surface area (Å²) in [5.74, 6) is 0.701. The SMILES string of the molecule is POOc1ccccc1. The normalized spacial score (nSPS) is 9.00. The zero-order chi connectivity index (χ0) is 6.53. The van der Waals surface area contributed by atoms with Gasteiger partial charge in [-0.05, 0) is 12.1 Å². The summed E-state index contributed by atoms with van der Waals surface area (Å²) in [5, 5.41) is 0. The molecule has 48 valence electrons. The quantitative estimate of drug-likeness (QED) is 0.356. The number of hydrogen-bond acceptors (Lipinski definition) is 2. The maximum atomic E-state index is 4.67. The highest BCUT2D eigenvalue weighted by Gasteiger charge is 1.85. The smallest absolute Gasteiger partial charge is 0.165 e. The van der Waals surface area contributed by atoms with E-state index in [-0.39, 0.29) is 0 Å². The summed E-state index contributed by atoms with van der Waals surface area (Å²) >= 11 is 0. The number of rotatable bonds is 2. The van der Waals surface area contributed by atoms with E-state index < -0.39 is 0 Å². The van der Waals surface area contributed by atoms with Crippen molar-refractivity contribution in [3.63, 3.8) is 0 Å². The summed E-state index contributed by atoms with van der Waals surface area (Å²) < 4.78 is 4.34. The lowest BCUT2D eigenvalue weighted by molar-refractivity contribution is -0.0799. The maximum Gasteiger partial charge on any atom is 0.165 e. The molecular formula is C6H7O2P. The van der Waals surface area contributed by atoms with Crippen LogP contribution >= 0.6 is 9.47 Å². The summed E-state index contributed by atoms with van der Waals surface area (Å²) in [4.78, 5) is 4.67. The van der Waals surface area contributed by atoms with Crippen molar-refractivity contribution in [2.24, 2.45) is 0 Å². The Hall–Kier alpha value is -0.590. The summed E-state index contributed by atoms with van der Waals surface area (Å²) in [6, 6.07) is 9.28. The second kappa shape index (κ2) is 3.44. The molecular weight excluding hydrogens is 135 g/mol. The highest BCUT2D eigenvalue weighted by molar-refractivity contribution is 7.09. The van der Waals surface area contributed by atoms with E-state index in [1.165, 1.54) is 0 Å². The summed E-state index contributed by atoms with van der Waals surface area (Å²) in [7, 11) is 2.01. The Labute approximate surface area is 56.0 Å². The van der Waals surface area contributed by atoms with Gasteiger partial charge in [-0.1, -0.05) is 18.2 Å². The summed E-state index contributed by atoms with van der Waals surface area (Å²) in [6.07, 6.45) is 0. The van der Waals surface area contributed by atoms with Crippen molar-refractivity contribution in [1.29, 1.82) is 0 Å². The van der Waals surface area contributed by atoms with Gasteiger partial charge < -0.3 is 4.89 Å². The van der Waals surface area contributed by atoms with Crippen LogP contribution in [0, 0.1) is 0 Å². The minimum atomic E-state index is 0.701. The number of para-hydroxylation sites is 1. The Kier molecular flexibility index (Phi) is 2.49. The fourth-order valence-corrected chi connectivity index (χ4v) is 0.643.